The van der Waals surface area contributed by atoms with Crippen molar-refractivity contribution < 1.29 is 19.1 Å². The number of aliphatic hydroxyl groups excluding tert-OH is 1. The number of fused-ring (bicyclic) bond motifs is 2. The van der Waals surface area contributed by atoms with Crippen molar-refractivity contribution in [2.45, 2.75) is 65.9 Å². The van der Waals surface area contributed by atoms with E-state index in [-0.39, 0.29) is 11.8 Å². The second-order valence-electron chi connectivity index (χ2n) is 7.81. The summed E-state index contributed by atoms with van der Waals surface area (Å²) >= 11 is 0. The summed E-state index contributed by atoms with van der Waals surface area (Å²) in [7, 11) is 1.36. The average Bonchev–Trinajstić information content (AvgIpc) is 2.96. The number of methoxy groups -OCH3 is 1. The minimum atomic E-state index is -0.799. The lowest BCUT2D eigenvalue weighted by Gasteiger charge is -2.26. The minimum Gasteiger partial charge on any atom is -0.465 e. The highest BCUT2D eigenvalue weighted by molar-refractivity contribution is 5.90. The number of carbonyl (C=O) groups is 1. The third-order valence-electron chi connectivity index (χ3n) is 5.32. The Morgan fingerprint density at radius 2 is 2.08 bits per heavy atom. The summed E-state index contributed by atoms with van der Waals surface area (Å²) in [5.41, 5.74) is 1.74. The lowest BCUT2D eigenvalue weighted by molar-refractivity contribution is 0.0476. The van der Waals surface area contributed by atoms with Gasteiger partial charge in [0.1, 0.15) is 23.2 Å². The third-order valence-corrected chi connectivity index (χ3v) is 5.32. The van der Waals surface area contributed by atoms with Gasteiger partial charge >= 0.3 is 5.97 Å². The minimum absolute atomic E-state index is 0.0314. The Balaban J connectivity index is 2.43. The molecule has 0 fully saturated rings. The Morgan fingerprint density at radius 1 is 1.36 bits per heavy atom. The molecule has 25 heavy (non-hydrogen) atoms. The van der Waals surface area contributed by atoms with E-state index in [4.69, 9.17) is 9.15 Å². The molecule has 0 aromatic carbocycles. The zero-order chi connectivity index (χ0) is 18.6. The van der Waals surface area contributed by atoms with E-state index in [1.807, 2.05) is 0 Å². The number of rotatable bonds is 2. The molecular weight excluding hydrogens is 316 g/mol. The smallest absolute Gasteiger partial charge is 0.341 e. The van der Waals surface area contributed by atoms with E-state index in [0.29, 0.717) is 17.2 Å². The molecule has 1 N–H and O–H groups in total. The first-order valence-corrected chi connectivity index (χ1v) is 9.38. The van der Waals surface area contributed by atoms with Gasteiger partial charge in [0.05, 0.1) is 7.11 Å². The first-order valence-electron chi connectivity index (χ1n) is 9.38. The highest BCUT2D eigenvalue weighted by atomic mass is 16.5. The first kappa shape index (κ1) is 19.8. The number of carbonyl (C=O) groups excluding carboxylic acids is 1. The number of hydrogen-bond donors (Lipinski definition) is 1. The van der Waals surface area contributed by atoms with Crippen molar-refractivity contribution in [1.82, 2.24) is 0 Å². The maximum Gasteiger partial charge on any atom is 0.341 e. The Kier molecular flexibility index (Phi) is 6.88. The molecule has 1 aliphatic heterocycles. The molecule has 0 spiro atoms. The number of ether oxygens (including phenoxy) is 1. The molecule has 140 valence electrons. The molecule has 3 atom stereocenters. The van der Waals surface area contributed by atoms with E-state index in [9.17, 15) is 9.90 Å². The van der Waals surface area contributed by atoms with Gasteiger partial charge < -0.3 is 14.3 Å². The van der Waals surface area contributed by atoms with Crippen molar-refractivity contribution in [3.05, 3.63) is 34.8 Å². The molecule has 1 aromatic rings. The molecule has 4 heteroatoms. The standard InChI is InChI=1S/C21H32O4/c1-13(2)17-10-9-14(3)7-6-8-15(4)11-16-12-18(21(23)24-5)20(25-16)19(17)22/h7,12-13,15,17,19,22H,6,8-11H2,1-5H3/b14-7+/t15-,17-,19+/m0/s1. The zero-order valence-corrected chi connectivity index (χ0v) is 16.2. The van der Waals surface area contributed by atoms with Crippen LogP contribution >= 0.6 is 0 Å². The summed E-state index contributed by atoms with van der Waals surface area (Å²) in [5.74, 6) is 1.45. The summed E-state index contributed by atoms with van der Waals surface area (Å²) in [4.78, 5) is 12.2. The molecule has 0 saturated carbocycles. The van der Waals surface area contributed by atoms with Crippen LogP contribution in [0.1, 0.15) is 81.4 Å². The average molecular weight is 348 g/mol. The van der Waals surface area contributed by atoms with Crippen molar-refractivity contribution in [3.63, 3.8) is 0 Å². The van der Waals surface area contributed by atoms with Crippen molar-refractivity contribution in [1.29, 1.82) is 0 Å². The van der Waals surface area contributed by atoms with Crippen molar-refractivity contribution in [2.24, 2.45) is 17.8 Å². The highest BCUT2D eigenvalue weighted by Gasteiger charge is 2.32. The second-order valence-corrected chi connectivity index (χ2v) is 7.81. The second kappa shape index (κ2) is 8.70. The molecule has 2 bridgehead atoms. The molecule has 1 aliphatic rings. The van der Waals surface area contributed by atoms with E-state index in [0.717, 1.165) is 37.9 Å². The summed E-state index contributed by atoms with van der Waals surface area (Å²) in [5, 5.41) is 11.0. The van der Waals surface area contributed by atoms with E-state index in [1.165, 1.54) is 12.7 Å². The van der Waals surface area contributed by atoms with Gasteiger partial charge in [0.2, 0.25) is 0 Å². The van der Waals surface area contributed by atoms with Gasteiger partial charge in [-0.3, -0.25) is 0 Å². The topological polar surface area (TPSA) is 59.7 Å². The monoisotopic (exact) mass is 348 g/mol. The summed E-state index contributed by atoms with van der Waals surface area (Å²) in [6.07, 6.45) is 6.24. The largest absolute Gasteiger partial charge is 0.465 e. The van der Waals surface area contributed by atoms with Gasteiger partial charge in [0.15, 0.2) is 0 Å². The van der Waals surface area contributed by atoms with Gasteiger partial charge in [-0.15, -0.1) is 0 Å². The predicted octanol–water partition coefficient (Wildman–Crippen LogP) is 5.07. The molecular formula is C21H32O4. The molecule has 0 radical (unpaired) electrons. The number of allylic oxidation sites excluding steroid dienone is 2. The Bertz CT molecular complexity index is 611. The van der Waals surface area contributed by atoms with Crippen LogP contribution in [-0.2, 0) is 11.2 Å². The van der Waals surface area contributed by atoms with Gasteiger partial charge in [0.25, 0.3) is 0 Å². The molecule has 2 heterocycles. The Morgan fingerprint density at radius 3 is 2.72 bits per heavy atom. The maximum absolute atomic E-state index is 12.2. The van der Waals surface area contributed by atoms with Crippen LogP contribution in [0.15, 0.2) is 22.1 Å². The van der Waals surface area contributed by atoms with Crippen LogP contribution in [0.2, 0.25) is 0 Å². The molecule has 0 aliphatic carbocycles. The number of furan rings is 1. The summed E-state index contributed by atoms with van der Waals surface area (Å²) < 4.78 is 10.9. The molecule has 4 nitrogen and oxygen atoms in total. The normalized spacial score (nSPS) is 27.6. The third kappa shape index (κ3) is 4.97. The fraction of sp³-hybridized carbons (Fsp3) is 0.667. The lowest BCUT2D eigenvalue weighted by atomic mass is 9.83. The molecule has 0 amide bonds. The van der Waals surface area contributed by atoms with E-state index in [2.05, 4.69) is 33.8 Å². The van der Waals surface area contributed by atoms with E-state index < -0.39 is 12.1 Å². The molecule has 2 rings (SSSR count). The van der Waals surface area contributed by atoms with Crippen LogP contribution < -0.4 is 0 Å². The Labute approximate surface area is 151 Å². The van der Waals surface area contributed by atoms with Crippen molar-refractivity contribution in [3.8, 4) is 0 Å². The van der Waals surface area contributed by atoms with Crippen LogP contribution in [0.3, 0.4) is 0 Å². The van der Waals surface area contributed by atoms with Crippen molar-refractivity contribution >= 4 is 5.97 Å². The quantitative estimate of drug-likeness (QED) is 0.599. The van der Waals surface area contributed by atoms with E-state index in [1.54, 1.807) is 6.07 Å². The molecule has 1 aromatic heterocycles. The summed E-state index contributed by atoms with van der Waals surface area (Å²) in [6.45, 7) is 8.57. The van der Waals surface area contributed by atoms with Gasteiger partial charge in [-0.1, -0.05) is 32.4 Å². The van der Waals surface area contributed by atoms with Crippen LogP contribution in [0.5, 0.6) is 0 Å². The van der Waals surface area contributed by atoms with Crippen LogP contribution in [0.4, 0.5) is 0 Å². The molecule has 0 unspecified atom stereocenters. The van der Waals surface area contributed by atoms with Gasteiger partial charge in [-0.05, 0) is 56.4 Å². The van der Waals surface area contributed by atoms with Gasteiger partial charge in [0, 0.05) is 6.42 Å². The first-order chi connectivity index (χ1) is 11.8. The fourth-order valence-electron chi connectivity index (χ4n) is 3.65. The van der Waals surface area contributed by atoms with Crippen LogP contribution in [-0.4, -0.2) is 18.2 Å². The van der Waals surface area contributed by atoms with Crippen molar-refractivity contribution in [2.75, 3.05) is 7.11 Å². The Hall–Kier alpha value is -1.55. The number of esters is 1. The van der Waals surface area contributed by atoms with Gasteiger partial charge in [-0.2, -0.15) is 0 Å². The summed E-state index contributed by atoms with van der Waals surface area (Å²) in [6, 6.07) is 1.76. The number of hydrogen-bond acceptors (Lipinski definition) is 4. The van der Waals surface area contributed by atoms with Crippen LogP contribution in [0.25, 0.3) is 0 Å². The highest BCUT2D eigenvalue weighted by Crippen LogP contribution is 2.37. The van der Waals surface area contributed by atoms with Crippen LogP contribution in [0, 0.1) is 17.8 Å². The SMILES string of the molecule is COC(=O)c1cc2oc1[C@H](O)[C@H](C(C)C)CC/C(C)=C/CC[C@H](C)C2. The maximum atomic E-state index is 12.2. The fourth-order valence-corrected chi connectivity index (χ4v) is 3.65. The van der Waals surface area contributed by atoms with Gasteiger partial charge in [-0.25, -0.2) is 4.79 Å². The number of aliphatic hydroxyl groups is 1. The lowest BCUT2D eigenvalue weighted by Crippen LogP contribution is -2.20. The zero-order valence-electron chi connectivity index (χ0n) is 16.2. The van der Waals surface area contributed by atoms with E-state index >= 15 is 0 Å². The molecule has 0 saturated heterocycles. The predicted molar refractivity (Wildman–Crippen MR) is 98.4 cm³/mol.